The second-order valence-corrected chi connectivity index (χ2v) is 6.83. The summed E-state index contributed by atoms with van der Waals surface area (Å²) in [4.78, 5) is 17.0. The van der Waals surface area contributed by atoms with Crippen molar-refractivity contribution in [2.75, 3.05) is 24.5 Å². The molecular formula is C23H31ClN2O. The lowest BCUT2D eigenvalue weighted by Crippen LogP contribution is -2.48. The number of amides is 1. The Morgan fingerprint density at radius 1 is 1.19 bits per heavy atom. The zero-order valence-electron chi connectivity index (χ0n) is 21.0. The van der Waals surface area contributed by atoms with Crippen molar-refractivity contribution in [3.8, 4) is 0 Å². The molecule has 0 saturated carbocycles. The Morgan fingerprint density at radius 3 is 2.48 bits per heavy atom. The first-order chi connectivity index (χ1) is 14.8. The molecular weight excluding hydrogens is 356 g/mol. The molecule has 1 aliphatic heterocycles. The van der Waals surface area contributed by atoms with Gasteiger partial charge in [0.05, 0.1) is 6.85 Å². The smallest absolute Gasteiger partial charge is 0.226 e. The Balaban J connectivity index is 0.00000363. The van der Waals surface area contributed by atoms with Crippen molar-refractivity contribution in [3.05, 3.63) is 65.6 Å². The van der Waals surface area contributed by atoms with Crippen LogP contribution in [0.1, 0.15) is 44.2 Å². The van der Waals surface area contributed by atoms with Crippen molar-refractivity contribution in [1.29, 1.82) is 0 Å². The molecule has 0 spiro atoms. The molecule has 0 bridgehead atoms. The topological polar surface area (TPSA) is 23.6 Å². The van der Waals surface area contributed by atoms with E-state index in [9.17, 15) is 4.79 Å². The molecule has 146 valence electrons. The summed E-state index contributed by atoms with van der Waals surface area (Å²) >= 11 is 0. The van der Waals surface area contributed by atoms with E-state index < -0.39 is 0 Å². The quantitative estimate of drug-likeness (QED) is 0.701. The number of carbonyl (C=O) groups is 1. The zero-order valence-corrected chi connectivity index (χ0v) is 16.9. The number of carbonyl (C=O) groups excluding carboxylic acids is 1. The van der Waals surface area contributed by atoms with Gasteiger partial charge in [-0.15, -0.1) is 12.4 Å². The summed E-state index contributed by atoms with van der Waals surface area (Å²) in [6, 6.07) is 7.00. The minimum Gasteiger partial charge on any atom is -0.309 e. The largest absolute Gasteiger partial charge is 0.309 e. The van der Waals surface area contributed by atoms with Crippen LogP contribution in [0.5, 0.6) is 0 Å². The third-order valence-corrected chi connectivity index (χ3v) is 5.10. The van der Waals surface area contributed by atoms with Gasteiger partial charge in [-0.2, -0.15) is 0 Å². The number of hydrogen-bond donors (Lipinski definition) is 0. The maximum absolute atomic E-state index is 12.7. The van der Waals surface area contributed by atoms with E-state index >= 15 is 0 Å². The third-order valence-electron chi connectivity index (χ3n) is 5.10. The fraction of sp³-hybridized carbons (Fsp3) is 0.435. The predicted molar refractivity (Wildman–Crippen MR) is 116 cm³/mol. The molecule has 3 nitrogen and oxygen atoms in total. The molecule has 1 saturated heterocycles. The van der Waals surface area contributed by atoms with Crippen LogP contribution in [0.2, 0.25) is 0 Å². The molecule has 2 aromatic carbocycles. The van der Waals surface area contributed by atoms with Crippen LogP contribution in [0.15, 0.2) is 54.5 Å². The highest BCUT2D eigenvalue weighted by atomic mass is 35.5. The number of para-hydroxylation sites is 1. The van der Waals surface area contributed by atoms with Gasteiger partial charge in [0, 0.05) is 37.8 Å². The molecule has 0 atom stereocenters. The maximum atomic E-state index is 12.7. The first-order valence-corrected chi connectivity index (χ1v) is 9.42. The van der Waals surface area contributed by atoms with Crippen LogP contribution in [-0.4, -0.2) is 36.5 Å². The fourth-order valence-corrected chi connectivity index (χ4v) is 3.61. The van der Waals surface area contributed by atoms with Gasteiger partial charge in [0.2, 0.25) is 5.91 Å². The van der Waals surface area contributed by atoms with Crippen molar-refractivity contribution >= 4 is 24.0 Å². The van der Waals surface area contributed by atoms with Gasteiger partial charge in [0.25, 0.3) is 0 Å². The molecule has 0 radical (unpaired) electrons. The predicted octanol–water partition coefficient (Wildman–Crippen LogP) is 4.87. The zero-order chi connectivity index (χ0) is 22.7. The summed E-state index contributed by atoms with van der Waals surface area (Å²) in [7, 11) is 0. The maximum Gasteiger partial charge on any atom is 0.226 e. The highest BCUT2D eigenvalue weighted by molar-refractivity contribution is 5.94. The second kappa shape index (κ2) is 10.5. The van der Waals surface area contributed by atoms with Crippen molar-refractivity contribution in [2.45, 2.75) is 45.6 Å². The van der Waals surface area contributed by atoms with Crippen molar-refractivity contribution in [3.63, 3.8) is 0 Å². The Labute approximate surface area is 176 Å². The van der Waals surface area contributed by atoms with E-state index in [-0.39, 0.29) is 54.6 Å². The third kappa shape index (κ3) is 5.57. The van der Waals surface area contributed by atoms with Gasteiger partial charge >= 0.3 is 0 Å². The lowest BCUT2D eigenvalue weighted by molar-refractivity contribution is -0.119. The number of rotatable bonds is 6. The molecule has 27 heavy (non-hydrogen) atoms. The Hall–Kier alpha value is -1.84. The van der Waals surface area contributed by atoms with Crippen molar-refractivity contribution < 1.29 is 11.6 Å². The molecule has 1 aliphatic rings. The van der Waals surface area contributed by atoms with E-state index in [4.69, 9.17) is 6.85 Å². The monoisotopic (exact) mass is 391 g/mol. The van der Waals surface area contributed by atoms with Crippen LogP contribution in [-0.2, 0) is 11.2 Å². The van der Waals surface area contributed by atoms with Crippen LogP contribution in [0.25, 0.3) is 0 Å². The summed E-state index contributed by atoms with van der Waals surface area (Å²) in [5, 5.41) is 0. The number of halogens is 1. The molecule has 1 amide bonds. The number of nitrogens with zero attached hydrogens (tertiary/aromatic N) is 2. The molecule has 0 aliphatic carbocycles. The van der Waals surface area contributed by atoms with Crippen LogP contribution in [0.4, 0.5) is 5.69 Å². The number of hydrogen-bond acceptors (Lipinski definition) is 2. The highest BCUT2D eigenvalue weighted by Gasteiger charge is 2.28. The van der Waals surface area contributed by atoms with E-state index in [1.54, 1.807) is 0 Å². The van der Waals surface area contributed by atoms with Gasteiger partial charge in [-0.25, -0.2) is 0 Å². The van der Waals surface area contributed by atoms with Crippen molar-refractivity contribution in [2.24, 2.45) is 0 Å². The minimum atomic E-state index is -0.351. The van der Waals surface area contributed by atoms with Crippen LogP contribution >= 0.6 is 12.4 Å². The Bertz CT molecular complexity index is 935. The Kier molecular flexibility index (Phi) is 5.87. The SMILES string of the molecule is Cl.[2H]c1c([2H])c([2H])c(CCN2CCC(N(C(=O)CC)c3ccccc3C)CC2)c([2H])c1[2H]. The first kappa shape index (κ1) is 15.1. The summed E-state index contributed by atoms with van der Waals surface area (Å²) in [5.74, 6) is 0.131. The van der Waals surface area contributed by atoms with Gasteiger partial charge in [-0.05, 0) is 43.4 Å². The second-order valence-electron chi connectivity index (χ2n) is 6.83. The van der Waals surface area contributed by atoms with E-state index in [0.29, 0.717) is 24.9 Å². The minimum absolute atomic E-state index is 0. The standard InChI is InChI=1S/C23H30N2O.ClH/c1-3-23(26)25(22-12-8-7-9-19(22)2)21-14-17-24(18-15-21)16-13-20-10-5-4-6-11-20;/h4-12,21H,3,13-18H2,1-2H3;1H/i4D,5D,6D,10D,11D;. The average molecular weight is 392 g/mol. The van der Waals surface area contributed by atoms with Crippen molar-refractivity contribution in [1.82, 2.24) is 4.90 Å². The summed E-state index contributed by atoms with van der Waals surface area (Å²) in [6.45, 7) is 6.17. The number of likely N-dealkylation sites (tertiary alicyclic amines) is 1. The Morgan fingerprint density at radius 2 is 1.85 bits per heavy atom. The van der Waals surface area contributed by atoms with E-state index in [2.05, 4.69) is 4.90 Å². The van der Waals surface area contributed by atoms with Gasteiger partial charge in [0.15, 0.2) is 0 Å². The molecule has 4 heteroatoms. The number of anilines is 1. The van der Waals surface area contributed by atoms with E-state index in [0.717, 1.165) is 37.2 Å². The lowest BCUT2D eigenvalue weighted by Gasteiger charge is -2.39. The lowest BCUT2D eigenvalue weighted by atomic mass is 10.00. The van der Waals surface area contributed by atoms with Gasteiger partial charge in [0.1, 0.15) is 0 Å². The number of piperidine rings is 1. The summed E-state index contributed by atoms with van der Waals surface area (Å²) in [5.41, 5.74) is 2.44. The van der Waals surface area contributed by atoms with Crippen LogP contribution in [0, 0.1) is 6.92 Å². The molecule has 2 aromatic rings. The molecule has 1 heterocycles. The first-order valence-electron chi connectivity index (χ1n) is 11.9. The molecule has 3 rings (SSSR count). The average Bonchev–Trinajstić information content (AvgIpc) is 2.78. The van der Waals surface area contributed by atoms with Gasteiger partial charge in [-0.1, -0.05) is 55.3 Å². The normalized spacial score (nSPS) is 17.8. The summed E-state index contributed by atoms with van der Waals surface area (Å²) in [6.07, 6.45) is 2.57. The molecule has 1 fully saturated rings. The van der Waals surface area contributed by atoms with Gasteiger partial charge in [-0.3, -0.25) is 4.79 Å². The van der Waals surface area contributed by atoms with Crippen LogP contribution in [0.3, 0.4) is 0 Å². The molecule has 0 N–H and O–H groups in total. The number of aryl methyl sites for hydroxylation is 1. The summed E-state index contributed by atoms with van der Waals surface area (Å²) < 4.78 is 39.6. The molecule has 0 aromatic heterocycles. The van der Waals surface area contributed by atoms with Gasteiger partial charge < -0.3 is 9.80 Å². The number of benzene rings is 2. The highest BCUT2D eigenvalue weighted by Crippen LogP contribution is 2.27. The molecule has 0 unspecified atom stereocenters. The fourth-order valence-electron chi connectivity index (χ4n) is 3.61. The van der Waals surface area contributed by atoms with E-state index in [1.807, 2.05) is 43.0 Å². The van der Waals surface area contributed by atoms with E-state index in [1.165, 1.54) is 0 Å². The van der Waals surface area contributed by atoms with Crippen LogP contribution < -0.4 is 4.90 Å².